The summed E-state index contributed by atoms with van der Waals surface area (Å²) in [5.74, 6) is 1.03. The van der Waals surface area contributed by atoms with Crippen LogP contribution in [0.5, 0.6) is 5.75 Å². The number of ether oxygens (including phenoxy) is 1. The monoisotopic (exact) mass is 388 g/mol. The first-order valence-corrected chi connectivity index (χ1v) is 8.93. The van der Waals surface area contributed by atoms with Gasteiger partial charge in [0.1, 0.15) is 5.75 Å². The molecule has 0 radical (unpaired) electrons. The lowest BCUT2D eigenvalue weighted by molar-refractivity contribution is -0.128. The lowest BCUT2D eigenvalue weighted by Crippen LogP contribution is -2.41. The molecule has 126 valence electrons. The van der Waals surface area contributed by atoms with Crippen LogP contribution in [0.15, 0.2) is 59.1 Å². The highest BCUT2D eigenvalue weighted by atomic mass is 79.9. The third-order valence-electron chi connectivity index (χ3n) is 4.15. The Morgan fingerprint density at radius 2 is 1.83 bits per heavy atom. The number of carbonyl (C=O) groups is 1. The van der Waals surface area contributed by atoms with Crippen molar-refractivity contribution >= 4 is 21.8 Å². The van der Waals surface area contributed by atoms with E-state index in [0.29, 0.717) is 18.2 Å². The van der Waals surface area contributed by atoms with Gasteiger partial charge in [0.15, 0.2) is 0 Å². The van der Waals surface area contributed by atoms with Gasteiger partial charge in [-0.15, -0.1) is 0 Å². The highest BCUT2D eigenvalue weighted by Gasteiger charge is 2.30. The average molecular weight is 389 g/mol. The topological polar surface area (TPSA) is 64.3 Å². The number of hydrogen-bond donors (Lipinski definition) is 2. The van der Waals surface area contributed by atoms with Crippen LogP contribution in [-0.2, 0) is 4.79 Å². The molecule has 0 bridgehead atoms. The van der Waals surface area contributed by atoms with Crippen LogP contribution in [0, 0.1) is 5.92 Å². The van der Waals surface area contributed by atoms with Crippen LogP contribution in [0.2, 0.25) is 0 Å². The van der Waals surface area contributed by atoms with Gasteiger partial charge in [-0.25, -0.2) is 0 Å². The van der Waals surface area contributed by atoms with Crippen molar-refractivity contribution in [2.24, 2.45) is 11.7 Å². The minimum Gasteiger partial charge on any atom is -0.476 e. The summed E-state index contributed by atoms with van der Waals surface area (Å²) in [5, 5.41) is 2.94. The van der Waals surface area contributed by atoms with Crippen molar-refractivity contribution in [2.75, 3.05) is 6.54 Å². The molecule has 2 unspecified atom stereocenters. The maximum absolute atomic E-state index is 12.7. The summed E-state index contributed by atoms with van der Waals surface area (Å²) in [6.45, 7) is 0.483. The fraction of sp³-hybridized carbons (Fsp3) is 0.316. The summed E-state index contributed by atoms with van der Waals surface area (Å²) in [7, 11) is 0. The summed E-state index contributed by atoms with van der Waals surface area (Å²) in [6.07, 6.45) is 1.63. The molecule has 1 aliphatic carbocycles. The van der Waals surface area contributed by atoms with Crippen LogP contribution >= 0.6 is 15.9 Å². The molecule has 0 spiro atoms. The minimum absolute atomic E-state index is 0.0260. The molecule has 1 fully saturated rings. The molecule has 5 heteroatoms. The maximum Gasteiger partial charge on any atom is 0.265 e. The van der Waals surface area contributed by atoms with Crippen LogP contribution in [0.25, 0.3) is 0 Å². The summed E-state index contributed by atoms with van der Waals surface area (Å²) in [6, 6.07) is 17.0. The van der Waals surface area contributed by atoms with E-state index in [1.54, 1.807) is 0 Å². The molecule has 1 amide bonds. The number of carbonyl (C=O) groups excluding carboxylic acids is 1. The molecule has 0 saturated heterocycles. The van der Waals surface area contributed by atoms with Gasteiger partial charge in [0.05, 0.1) is 0 Å². The lowest BCUT2D eigenvalue weighted by Gasteiger charge is -2.20. The van der Waals surface area contributed by atoms with Crippen molar-refractivity contribution in [1.82, 2.24) is 5.32 Å². The number of rotatable bonds is 7. The number of benzene rings is 2. The van der Waals surface area contributed by atoms with E-state index in [0.717, 1.165) is 22.9 Å². The fourth-order valence-corrected chi connectivity index (χ4v) is 2.82. The zero-order chi connectivity index (χ0) is 16.9. The summed E-state index contributed by atoms with van der Waals surface area (Å²) >= 11 is 3.40. The fourth-order valence-electron chi connectivity index (χ4n) is 2.55. The predicted molar refractivity (Wildman–Crippen MR) is 97.7 cm³/mol. The molecule has 4 nitrogen and oxygen atoms in total. The van der Waals surface area contributed by atoms with Crippen molar-refractivity contribution in [3.63, 3.8) is 0 Å². The first kappa shape index (κ1) is 17.0. The standard InChI is InChI=1S/C19H21BrN2O2/c20-15-8-10-16(11-9-15)24-18(14-4-2-1-3-5-14)19(23)22-12-17(21)13-6-7-13/h1-5,8-11,13,17-18H,6-7,12,21H2,(H,22,23). The third-order valence-corrected chi connectivity index (χ3v) is 4.68. The average Bonchev–Trinajstić information content (AvgIpc) is 3.45. The molecular formula is C19H21BrN2O2. The minimum atomic E-state index is -0.696. The molecule has 2 atom stereocenters. The zero-order valence-electron chi connectivity index (χ0n) is 13.3. The van der Waals surface area contributed by atoms with E-state index in [4.69, 9.17) is 10.5 Å². The van der Waals surface area contributed by atoms with Gasteiger partial charge in [0.25, 0.3) is 5.91 Å². The van der Waals surface area contributed by atoms with Gasteiger partial charge >= 0.3 is 0 Å². The Kier molecular flexibility index (Phi) is 5.53. The van der Waals surface area contributed by atoms with Crippen LogP contribution < -0.4 is 15.8 Å². The van der Waals surface area contributed by atoms with Crippen molar-refractivity contribution in [3.05, 3.63) is 64.6 Å². The van der Waals surface area contributed by atoms with Crippen LogP contribution in [-0.4, -0.2) is 18.5 Å². The first-order valence-electron chi connectivity index (χ1n) is 8.14. The smallest absolute Gasteiger partial charge is 0.265 e. The van der Waals surface area contributed by atoms with Gasteiger partial charge in [0.2, 0.25) is 6.10 Å². The van der Waals surface area contributed by atoms with Gasteiger partial charge in [-0.1, -0.05) is 46.3 Å². The summed E-state index contributed by atoms with van der Waals surface area (Å²) in [4.78, 5) is 12.7. The SMILES string of the molecule is NC(CNC(=O)C(Oc1ccc(Br)cc1)c1ccccc1)C1CC1. The van der Waals surface area contributed by atoms with Crippen LogP contribution in [0.1, 0.15) is 24.5 Å². The molecule has 24 heavy (non-hydrogen) atoms. The largest absolute Gasteiger partial charge is 0.476 e. The molecule has 1 aliphatic rings. The second-order valence-electron chi connectivity index (χ2n) is 6.11. The van der Waals surface area contributed by atoms with E-state index in [-0.39, 0.29) is 11.9 Å². The Balaban J connectivity index is 1.71. The maximum atomic E-state index is 12.7. The van der Waals surface area contributed by atoms with Gasteiger partial charge in [0, 0.05) is 22.6 Å². The Labute approximate surface area is 150 Å². The first-order chi connectivity index (χ1) is 11.6. The van der Waals surface area contributed by atoms with Crippen molar-refractivity contribution < 1.29 is 9.53 Å². The van der Waals surface area contributed by atoms with E-state index >= 15 is 0 Å². The number of halogens is 1. The highest BCUT2D eigenvalue weighted by Crippen LogP contribution is 2.31. The normalized spacial score (nSPS) is 16.2. The molecule has 0 aromatic heterocycles. The molecule has 3 rings (SSSR count). The third kappa shape index (κ3) is 4.58. The molecule has 2 aromatic carbocycles. The van der Waals surface area contributed by atoms with E-state index in [1.165, 1.54) is 0 Å². The van der Waals surface area contributed by atoms with Gasteiger partial charge in [-0.2, -0.15) is 0 Å². The van der Waals surface area contributed by atoms with E-state index in [1.807, 2.05) is 54.6 Å². The summed E-state index contributed by atoms with van der Waals surface area (Å²) < 4.78 is 6.92. The van der Waals surface area contributed by atoms with Gasteiger partial charge in [-0.05, 0) is 43.0 Å². The lowest BCUT2D eigenvalue weighted by atomic mass is 10.1. The number of hydrogen-bond acceptors (Lipinski definition) is 3. The van der Waals surface area contributed by atoms with Crippen LogP contribution in [0.3, 0.4) is 0 Å². The van der Waals surface area contributed by atoms with E-state index < -0.39 is 6.10 Å². The Bertz CT molecular complexity index is 672. The Hall–Kier alpha value is -1.85. The number of nitrogens with two attached hydrogens (primary N) is 1. The zero-order valence-corrected chi connectivity index (χ0v) is 14.9. The van der Waals surface area contributed by atoms with Gasteiger partial charge in [-0.3, -0.25) is 4.79 Å². The molecule has 1 saturated carbocycles. The second kappa shape index (κ2) is 7.81. The predicted octanol–water partition coefficient (Wildman–Crippen LogP) is 3.42. The van der Waals surface area contributed by atoms with Crippen molar-refractivity contribution in [3.8, 4) is 5.75 Å². The number of amides is 1. The van der Waals surface area contributed by atoms with E-state index in [9.17, 15) is 4.79 Å². The highest BCUT2D eigenvalue weighted by molar-refractivity contribution is 9.10. The van der Waals surface area contributed by atoms with E-state index in [2.05, 4.69) is 21.2 Å². The van der Waals surface area contributed by atoms with Gasteiger partial charge < -0.3 is 15.8 Å². The Morgan fingerprint density at radius 1 is 1.17 bits per heavy atom. The second-order valence-corrected chi connectivity index (χ2v) is 7.02. The molecular weight excluding hydrogens is 368 g/mol. The summed E-state index contributed by atoms with van der Waals surface area (Å²) in [5.41, 5.74) is 6.89. The molecule has 2 aromatic rings. The molecule has 3 N–H and O–H groups in total. The quantitative estimate of drug-likeness (QED) is 0.763. The number of nitrogens with one attached hydrogen (secondary N) is 1. The van der Waals surface area contributed by atoms with Crippen LogP contribution in [0.4, 0.5) is 0 Å². The molecule has 0 aliphatic heterocycles. The van der Waals surface area contributed by atoms with Crippen molar-refractivity contribution in [1.29, 1.82) is 0 Å². The van der Waals surface area contributed by atoms with Crippen molar-refractivity contribution in [2.45, 2.75) is 25.0 Å². The Morgan fingerprint density at radius 3 is 2.46 bits per heavy atom. The molecule has 0 heterocycles.